The molecule has 1 aromatic carbocycles. The van der Waals surface area contributed by atoms with Crippen LogP contribution in [-0.4, -0.2) is 31.7 Å². The molecule has 2 heterocycles. The van der Waals surface area contributed by atoms with Crippen LogP contribution in [0.25, 0.3) is 0 Å². The van der Waals surface area contributed by atoms with E-state index in [1.54, 1.807) is 18.2 Å². The van der Waals surface area contributed by atoms with Gasteiger partial charge in [0.05, 0.1) is 13.2 Å². The molecule has 1 unspecified atom stereocenters. The third-order valence-corrected chi connectivity index (χ3v) is 6.11. The Balaban J connectivity index is 1.32. The topological polar surface area (TPSA) is 73.9 Å². The summed E-state index contributed by atoms with van der Waals surface area (Å²) < 4.78 is 16.4. The number of hydrogen-bond acceptors (Lipinski definition) is 6. The lowest BCUT2D eigenvalue weighted by molar-refractivity contribution is -0.119. The van der Waals surface area contributed by atoms with Crippen molar-refractivity contribution in [1.82, 2.24) is 0 Å². The van der Waals surface area contributed by atoms with Gasteiger partial charge in [0, 0.05) is 23.1 Å². The second kappa shape index (κ2) is 8.22. The molecule has 4 rings (SSSR count). The maximum absolute atomic E-state index is 12.3. The first kappa shape index (κ1) is 18.8. The zero-order valence-corrected chi connectivity index (χ0v) is 16.6. The SMILES string of the molecule is CC1CCc2sc(C(=O)OCC(=O)Nc3ccc4c(c3)OCCCO4)cc2C1. The largest absolute Gasteiger partial charge is 0.490 e. The van der Waals surface area contributed by atoms with Crippen LogP contribution in [0.1, 0.15) is 39.9 Å². The Kier molecular flexibility index (Phi) is 5.52. The summed E-state index contributed by atoms with van der Waals surface area (Å²) >= 11 is 1.48. The van der Waals surface area contributed by atoms with Crippen LogP contribution in [0.4, 0.5) is 5.69 Å². The van der Waals surface area contributed by atoms with Crippen LogP contribution in [-0.2, 0) is 22.4 Å². The number of aryl methyl sites for hydroxylation is 1. The Labute approximate surface area is 167 Å². The summed E-state index contributed by atoms with van der Waals surface area (Å²) in [6.07, 6.45) is 3.99. The molecule has 1 atom stereocenters. The van der Waals surface area contributed by atoms with Gasteiger partial charge in [0.2, 0.25) is 0 Å². The van der Waals surface area contributed by atoms with Crippen molar-refractivity contribution in [2.45, 2.75) is 32.6 Å². The summed E-state index contributed by atoms with van der Waals surface area (Å²) in [5.74, 6) is 1.08. The molecule has 1 N–H and O–H groups in total. The van der Waals surface area contributed by atoms with E-state index in [1.807, 2.05) is 6.07 Å². The van der Waals surface area contributed by atoms with Crippen LogP contribution in [0, 0.1) is 5.92 Å². The molecule has 2 aliphatic rings. The zero-order chi connectivity index (χ0) is 19.5. The lowest BCUT2D eigenvalue weighted by Gasteiger charge is -2.16. The standard InChI is InChI=1S/C21H23NO5S/c1-13-3-6-18-14(9-13)10-19(28-18)21(24)27-12-20(23)22-15-4-5-16-17(11-15)26-8-2-7-25-16/h4-5,10-11,13H,2-3,6-9,12H2,1H3,(H,22,23). The number of benzene rings is 1. The number of thiophene rings is 1. The van der Waals surface area contributed by atoms with Gasteiger partial charge < -0.3 is 19.5 Å². The number of carbonyl (C=O) groups is 2. The molecule has 6 nitrogen and oxygen atoms in total. The molecule has 0 saturated heterocycles. The van der Waals surface area contributed by atoms with E-state index in [9.17, 15) is 9.59 Å². The van der Waals surface area contributed by atoms with Crippen molar-refractivity contribution < 1.29 is 23.8 Å². The summed E-state index contributed by atoms with van der Waals surface area (Å²) in [7, 11) is 0. The second-order valence-electron chi connectivity index (χ2n) is 7.24. The lowest BCUT2D eigenvalue weighted by atomic mass is 9.90. The number of fused-ring (bicyclic) bond motifs is 2. The fourth-order valence-corrected chi connectivity index (χ4v) is 4.55. The van der Waals surface area contributed by atoms with E-state index in [4.69, 9.17) is 14.2 Å². The third-order valence-electron chi connectivity index (χ3n) is 4.90. The van der Waals surface area contributed by atoms with E-state index in [1.165, 1.54) is 21.8 Å². The number of nitrogens with one attached hydrogen (secondary N) is 1. The Morgan fingerprint density at radius 1 is 1.21 bits per heavy atom. The molecular formula is C21H23NO5S. The zero-order valence-electron chi connectivity index (χ0n) is 15.8. The predicted molar refractivity (Wildman–Crippen MR) is 106 cm³/mol. The highest BCUT2D eigenvalue weighted by Crippen LogP contribution is 2.33. The van der Waals surface area contributed by atoms with Crippen molar-refractivity contribution in [3.05, 3.63) is 39.6 Å². The first-order valence-corrected chi connectivity index (χ1v) is 10.4. The Morgan fingerprint density at radius 3 is 2.89 bits per heavy atom. The van der Waals surface area contributed by atoms with E-state index >= 15 is 0 Å². The first-order chi connectivity index (χ1) is 13.6. The highest BCUT2D eigenvalue weighted by molar-refractivity contribution is 7.14. The number of rotatable bonds is 4. The molecule has 1 aliphatic carbocycles. The van der Waals surface area contributed by atoms with Gasteiger partial charge in [0.25, 0.3) is 5.91 Å². The van der Waals surface area contributed by atoms with E-state index in [-0.39, 0.29) is 6.61 Å². The van der Waals surface area contributed by atoms with Crippen molar-refractivity contribution in [3.63, 3.8) is 0 Å². The van der Waals surface area contributed by atoms with E-state index < -0.39 is 11.9 Å². The summed E-state index contributed by atoms with van der Waals surface area (Å²) in [6.45, 7) is 3.08. The average molecular weight is 401 g/mol. The minimum atomic E-state index is -0.444. The van der Waals surface area contributed by atoms with Gasteiger partial charge in [0.15, 0.2) is 18.1 Å². The molecule has 148 valence electrons. The molecular weight excluding hydrogens is 378 g/mol. The highest BCUT2D eigenvalue weighted by atomic mass is 32.1. The van der Waals surface area contributed by atoms with E-state index in [0.29, 0.717) is 41.2 Å². The number of carbonyl (C=O) groups excluding carboxylic acids is 2. The third kappa shape index (κ3) is 4.30. The maximum atomic E-state index is 12.3. The molecule has 0 spiro atoms. The van der Waals surface area contributed by atoms with Gasteiger partial charge in [-0.05, 0) is 48.9 Å². The summed E-state index contributed by atoms with van der Waals surface area (Å²) in [6, 6.07) is 7.13. The van der Waals surface area contributed by atoms with Crippen LogP contribution in [0.2, 0.25) is 0 Å². The predicted octanol–water partition coefficient (Wildman–Crippen LogP) is 3.83. The molecule has 7 heteroatoms. The van der Waals surface area contributed by atoms with Gasteiger partial charge in [-0.2, -0.15) is 0 Å². The molecule has 2 aromatic rings. The first-order valence-electron chi connectivity index (χ1n) is 9.56. The van der Waals surface area contributed by atoms with Gasteiger partial charge in [-0.15, -0.1) is 11.3 Å². The van der Waals surface area contributed by atoms with Gasteiger partial charge >= 0.3 is 5.97 Å². The Bertz CT molecular complexity index is 891. The fraction of sp³-hybridized carbons (Fsp3) is 0.429. The van der Waals surface area contributed by atoms with Crippen molar-refractivity contribution in [1.29, 1.82) is 0 Å². The maximum Gasteiger partial charge on any atom is 0.348 e. The molecule has 0 bridgehead atoms. The number of hydrogen-bond donors (Lipinski definition) is 1. The van der Waals surface area contributed by atoms with Crippen molar-refractivity contribution in [3.8, 4) is 11.5 Å². The second-order valence-corrected chi connectivity index (χ2v) is 8.38. The van der Waals surface area contributed by atoms with Crippen LogP contribution >= 0.6 is 11.3 Å². The molecule has 0 saturated carbocycles. The van der Waals surface area contributed by atoms with Gasteiger partial charge in [-0.1, -0.05) is 6.92 Å². The van der Waals surface area contributed by atoms with Crippen LogP contribution in [0.15, 0.2) is 24.3 Å². The minimum absolute atomic E-state index is 0.327. The number of amides is 1. The van der Waals surface area contributed by atoms with E-state index in [2.05, 4.69) is 12.2 Å². The fourth-order valence-electron chi connectivity index (χ4n) is 3.45. The minimum Gasteiger partial charge on any atom is -0.490 e. The van der Waals surface area contributed by atoms with Crippen molar-refractivity contribution >= 4 is 28.9 Å². The van der Waals surface area contributed by atoms with Crippen LogP contribution in [0.5, 0.6) is 11.5 Å². The summed E-state index contributed by atoms with van der Waals surface area (Å²) in [5, 5.41) is 2.73. The molecule has 0 fully saturated rings. The van der Waals surface area contributed by atoms with Gasteiger partial charge in [-0.3, -0.25) is 4.79 Å². The van der Waals surface area contributed by atoms with Gasteiger partial charge in [0.1, 0.15) is 4.88 Å². The average Bonchev–Trinajstić information content (AvgIpc) is 2.96. The van der Waals surface area contributed by atoms with E-state index in [0.717, 1.165) is 25.7 Å². The quantitative estimate of drug-likeness (QED) is 0.788. The number of ether oxygens (including phenoxy) is 3. The number of esters is 1. The summed E-state index contributed by atoms with van der Waals surface area (Å²) in [5.41, 5.74) is 1.82. The lowest BCUT2D eigenvalue weighted by Crippen LogP contribution is -2.20. The smallest absolute Gasteiger partial charge is 0.348 e. The molecule has 1 aliphatic heterocycles. The molecule has 28 heavy (non-hydrogen) atoms. The molecule has 1 aromatic heterocycles. The highest BCUT2D eigenvalue weighted by Gasteiger charge is 2.22. The van der Waals surface area contributed by atoms with Gasteiger partial charge in [-0.25, -0.2) is 4.79 Å². The van der Waals surface area contributed by atoms with Crippen LogP contribution in [0.3, 0.4) is 0 Å². The van der Waals surface area contributed by atoms with Crippen LogP contribution < -0.4 is 14.8 Å². The molecule has 0 radical (unpaired) electrons. The van der Waals surface area contributed by atoms with Crippen molar-refractivity contribution in [2.24, 2.45) is 5.92 Å². The Hall–Kier alpha value is -2.54. The summed E-state index contributed by atoms with van der Waals surface area (Å²) in [4.78, 5) is 26.3. The normalized spacial score (nSPS) is 18.0. The monoisotopic (exact) mass is 401 g/mol. The number of anilines is 1. The molecule has 1 amide bonds. The Morgan fingerprint density at radius 2 is 2.04 bits per heavy atom. The van der Waals surface area contributed by atoms with Crippen molar-refractivity contribution in [2.75, 3.05) is 25.1 Å².